The Kier molecular flexibility index (Phi) is 4.56. The number of thiazole rings is 1. The molecule has 1 heterocycles. The lowest BCUT2D eigenvalue weighted by Crippen LogP contribution is -2.22. The zero-order valence-corrected chi connectivity index (χ0v) is 12.7. The van der Waals surface area contributed by atoms with E-state index in [0.717, 1.165) is 18.0 Å². The van der Waals surface area contributed by atoms with Crippen molar-refractivity contribution < 1.29 is 4.74 Å². The number of aromatic nitrogens is 1. The quantitative estimate of drug-likeness (QED) is 0.908. The first-order valence-corrected chi connectivity index (χ1v) is 7.33. The van der Waals surface area contributed by atoms with E-state index in [0.29, 0.717) is 0 Å². The summed E-state index contributed by atoms with van der Waals surface area (Å²) in [5, 5.41) is 3.53. The lowest BCUT2D eigenvalue weighted by molar-refractivity contribution is 0.404. The predicted octanol–water partition coefficient (Wildman–Crippen LogP) is 3.47. The van der Waals surface area contributed by atoms with Gasteiger partial charge in [-0.05, 0) is 26.5 Å². The van der Waals surface area contributed by atoms with Gasteiger partial charge in [0.25, 0.3) is 0 Å². The Morgan fingerprint density at radius 2 is 2.16 bits per heavy atom. The van der Waals surface area contributed by atoms with Gasteiger partial charge in [0, 0.05) is 10.4 Å². The second-order valence-electron chi connectivity index (χ2n) is 4.54. The van der Waals surface area contributed by atoms with E-state index in [9.17, 15) is 0 Å². The zero-order valence-electron chi connectivity index (χ0n) is 11.9. The topological polar surface area (TPSA) is 34.1 Å². The summed E-state index contributed by atoms with van der Waals surface area (Å²) in [5.41, 5.74) is 5.40. The van der Waals surface area contributed by atoms with Crippen molar-refractivity contribution in [2.24, 2.45) is 0 Å². The smallest absolute Gasteiger partial charge is 0.124 e. The fourth-order valence-corrected chi connectivity index (χ4v) is 3.11. The van der Waals surface area contributed by atoms with Crippen LogP contribution < -0.4 is 10.1 Å². The fraction of sp³-hybridized carbons (Fsp3) is 0.400. The van der Waals surface area contributed by atoms with E-state index in [-0.39, 0.29) is 6.04 Å². The van der Waals surface area contributed by atoms with Gasteiger partial charge in [-0.1, -0.05) is 24.6 Å². The average molecular weight is 276 g/mol. The summed E-state index contributed by atoms with van der Waals surface area (Å²) in [6.45, 7) is 7.18. The summed E-state index contributed by atoms with van der Waals surface area (Å²) in [6, 6.07) is 6.44. The van der Waals surface area contributed by atoms with Gasteiger partial charge in [-0.15, -0.1) is 11.3 Å². The Labute approximate surface area is 118 Å². The van der Waals surface area contributed by atoms with Gasteiger partial charge in [-0.25, -0.2) is 4.98 Å². The Hall–Kier alpha value is -1.39. The fourth-order valence-electron chi connectivity index (χ4n) is 2.22. The summed E-state index contributed by atoms with van der Waals surface area (Å²) >= 11 is 1.69. The van der Waals surface area contributed by atoms with Crippen LogP contribution in [0, 0.1) is 13.8 Å². The minimum atomic E-state index is 0.146. The van der Waals surface area contributed by atoms with E-state index in [1.54, 1.807) is 18.4 Å². The van der Waals surface area contributed by atoms with Crippen molar-refractivity contribution in [3.05, 3.63) is 45.4 Å². The maximum absolute atomic E-state index is 5.51. The van der Waals surface area contributed by atoms with Crippen LogP contribution in [0.3, 0.4) is 0 Å². The number of nitrogens with zero attached hydrogens (tertiary/aromatic N) is 1. The maximum atomic E-state index is 5.51. The number of nitrogens with one attached hydrogen (secondary N) is 1. The lowest BCUT2D eigenvalue weighted by atomic mass is 10.0. The molecule has 0 aliphatic rings. The van der Waals surface area contributed by atoms with E-state index in [2.05, 4.69) is 43.2 Å². The van der Waals surface area contributed by atoms with Crippen molar-refractivity contribution in [2.75, 3.05) is 13.7 Å². The molecule has 0 aliphatic heterocycles. The molecule has 1 aromatic carbocycles. The molecule has 0 aliphatic carbocycles. The molecule has 1 unspecified atom stereocenters. The molecule has 0 radical (unpaired) electrons. The normalized spacial score (nSPS) is 12.4. The molecule has 2 aromatic rings. The standard InChI is InChI=1S/C15H20N2OS/c1-5-16-14(15-11(3)17-9-19-15)12-8-10(2)6-7-13(12)18-4/h6-9,14,16H,5H2,1-4H3. The van der Waals surface area contributed by atoms with Crippen LogP contribution in [-0.4, -0.2) is 18.6 Å². The van der Waals surface area contributed by atoms with E-state index >= 15 is 0 Å². The lowest BCUT2D eigenvalue weighted by Gasteiger charge is -2.20. The third-order valence-electron chi connectivity index (χ3n) is 3.15. The third kappa shape index (κ3) is 2.96. The first-order valence-electron chi connectivity index (χ1n) is 6.45. The van der Waals surface area contributed by atoms with E-state index < -0.39 is 0 Å². The zero-order chi connectivity index (χ0) is 13.8. The Morgan fingerprint density at radius 1 is 1.37 bits per heavy atom. The summed E-state index contributed by atoms with van der Waals surface area (Å²) in [7, 11) is 1.72. The molecule has 0 amide bonds. The van der Waals surface area contributed by atoms with Crippen molar-refractivity contribution in [1.29, 1.82) is 0 Å². The molecule has 0 bridgehead atoms. The number of benzene rings is 1. The third-order valence-corrected chi connectivity index (χ3v) is 4.15. The second kappa shape index (κ2) is 6.17. The molecule has 0 fully saturated rings. The molecule has 2 rings (SSSR count). The van der Waals surface area contributed by atoms with E-state index in [4.69, 9.17) is 4.74 Å². The number of hydrogen-bond donors (Lipinski definition) is 1. The van der Waals surface area contributed by atoms with Crippen molar-refractivity contribution in [1.82, 2.24) is 10.3 Å². The van der Waals surface area contributed by atoms with E-state index in [1.165, 1.54) is 16.0 Å². The van der Waals surface area contributed by atoms with Gasteiger partial charge in [-0.3, -0.25) is 0 Å². The molecule has 4 heteroatoms. The van der Waals surface area contributed by atoms with Crippen molar-refractivity contribution in [3.8, 4) is 5.75 Å². The molecule has 1 atom stereocenters. The number of methoxy groups -OCH3 is 1. The molecular formula is C15H20N2OS. The van der Waals surface area contributed by atoms with Crippen molar-refractivity contribution in [2.45, 2.75) is 26.8 Å². The number of ether oxygens (including phenoxy) is 1. The monoisotopic (exact) mass is 276 g/mol. The SMILES string of the molecule is CCNC(c1cc(C)ccc1OC)c1scnc1C. The number of rotatable bonds is 5. The Balaban J connectivity index is 2.50. The van der Waals surface area contributed by atoms with Crippen LogP contribution in [0.25, 0.3) is 0 Å². The summed E-state index contributed by atoms with van der Waals surface area (Å²) in [6.07, 6.45) is 0. The van der Waals surface area contributed by atoms with Gasteiger partial charge >= 0.3 is 0 Å². The predicted molar refractivity (Wildman–Crippen MR) is 80.1 cm³/mol. The van der Waals surface area contributed by atoms with Crippen LogP contribution in [0.1, 0.15) is 34.7 Å². The van der Waals surface area contributed by atoms with Crippen LogP contribution in [0.4, 0.5) is 0 Å². The summed E-state index contributed by atoms with van der Waals surface area (Å²) < 4.78 is 5.51. The van der Waals surface area contributed by atoms with Crippen LogP contribution in [0.5, 0.6) is 5.75 Å². The molecule has 1 N–H and O–H groups in total. The highest BCUT2D eigenvalue weighted by atomic mass is 32.1. The number of hydrogen-bond acceptors (Lipinski definition) is 4. The first-order chi connectivity index (χ1) is 9.17. The molecular weight excluding hydrogens is 256 g/mol. The molecule has 1 aromatic heterocycles. The maximum Gasteiger partial charge on any atom is 0.124 e. The van der Waals surface area contributed by atoms with Crippen LogP contribution >= 0.6 is 11.3 Å². The molecule has 19 heavy (non-hydrogen) atoms. The molecule has 102 valence electrons. The highest BCUT2D eigenvalue weighted by Crippen LogP contribution is 2.34. The molecule has 0 saturated heterocycles. The van der Waals surface area contributed by atoms with Gasteiger partial charge in [0.15, 0.2) is 0 Å². The van der Waals surface area contributed by atoms with Gasteiger partial charge in [0.1, 0.15) is 5.75 Å². The summed E-state index contributed by atoms with van der Waals surface area (Å²) in [5.74, 6) is 0.921. The van der Waals surface area contributed by atoms with Gasteiger partial charge in [-0.2, -0.15) is 0 Å². The van der Waals surface area contributed by atoms with Gasteiger partial charge in [0.2, 0.25) is 0 Å². The minimum Gasteiger partial charge on any atom is -0.496 e. The van der Waals surface area contributed by atoms with Crippen molar-refractivity contribution >= 4 is 11.3 Å². The van der Waals surface area contributed by atoms with Crippen molar-refractivity contribution in [3.63, 3.8) is 0 Å². The molecule has 3 nitrogen and oxygen atoms in total. The number of aryl methyl sites for hydroxylation is 2. The summed E-state index contributed by atoms with van der Waals surface area (Å²) in [4.78, 5) is 5.62. The minimum absolute atomic E-state index is 0.146. The Bertz CT molecular complexity index is 551. The van der Waals surface area contributed by atoms with Gasteiger partial charge in [0.05, 0.1) is 24.4 Å². The highest BCUT2D eigenvalue weighted by molar-refractivity contribution is 7.09. The van der Waals surface area contributed by atoms with E-state index in [1.807, 2.05) is 11.6 Å². The Morgan fingerprint density at radius 3 is 2.74 bits per heavy atom. The highest BCUT2D eigenvalue weighted by Gasteiger charge is 2.21. The largest absolute Gasteiger partial charge is 0.496 e. The van der Waals surface area contributed by atoms with Gasteiger partial charge < -0.3 is 10.1 Å². The van der Waals surface area contributed by atoms with Crippen LogP contribution in [-0.2, 0) is 0 Å². The first kappa shape index (κ1) is 14.0. The molecule has 0 saturated carbocycles. The van der Waals surface area contributed by atoms with Crippen LogP contribution in [0.15, 0.2) is 23.7 Å². The molecule has 0 spiro atoms. The second-order valence-corrected chi connectivity index (χ2v) is 5.42. The van der Waals surface area contributed by atoms with Crippen LogP contribution in [0.2, 0.25) is 0 Å². The average Bonchev–Trinajstić information content (AvgIpc) is 2.82.